The second-order valence-corrected chi connectivity index (χ2v) is 4.97. The Balaban J connectivity index is 1.93. The molecule has 1 aromatic heterocycles. The summed E-state index contributed by atoms with van der Waals surface area (Å²) in [6.45, 7) is 1.95. The third-order valence-corrected chi connectivity index (χ3v) is 3.02. The molecule has 106 valence electrons. The van der Waals surface area contributed by atoms with E-state index in [0.29, 0.717) is 6.42 Å². The number of benzene rings is 1. The second kappa shape index (κ2) is 6.86. The van der Waals surface area contributed by atoms with Crippen molar-refractivity contribution in [1.82, 2.24) is 10.2 Å². The van der Waals surface area contributed by atoms with Crippen LogP contribution in [0, 0.1) is 0 Å². The average Bonchev–Trinajstić information content (AvgIpc) is 2.92. The molecule has 0 aliphatic carbocycles. The van der Waals surface area contributed by atoms with E-state index in [9.17, 15) is 4.79 Å². The number of aromatic amines is 1. The molecule has 2 aromatic rings. The van der Waals surface area contributed by atoms with Crippen LogP contribution in [0.1, 0.15) is 26.2 Å². The lowest BCUT2D eigenvalue weighted by Crippen LogP contribution is -2.16. The van der Waals surface area contributed by atoms with Crippen molar-refractivity contribution < 1.29 is 4.79 Å². The molecule has 0 saturated heterocycles. The predicted octanol–water partition coefficient (Wildman–Crippen LogP) is 2.53. The molecule has 0 fully saturated rings. The minimum Gasteiger partial charge on any atom is -0.328 e. The number of carbonyl (C=O) groups is 1. The molecule has 1 atom stereocenters. The van der Waals surface area contributed by atoms with Crippen molar-refractivity contribution in [3.05, 3.63) is 36.5 Å². The Bertz CT molecular complexity index is 549. The van der Waals surface area contributed by atoms with Gasteiger partial charge in [0, 0.05) is 29.9 Å². The zero-order valence-electron chi connectivity index (χ0n) is 11.6. The lowest BCUT2D eigenvalue weighted by atomic mass is 10.1. The Labute approximate surface area is 118 Å². The Kier molecular flexibility index (Phi) is 4.90. The maximum absolute atomic E-state index is 11.8. The van der Waals surface area contributed by atoms with Crippen molar-refractivity contribution in [2.24, 2.45) is 5.73 Å². The van der Waals surface area contributed by atoms with E-state index in [1.165, 1.54) is 0 Å². The summed E-state index contributed by atoms with van der Waals surface area (Å²) in [5.74, 6) is 0.0208. The molecule has 0 radical (unpaired) electrons. The molecule has 1 heterocycles. The molecule has 0 bridgehead atoms. The highest BCUT2D eigenvalue weighted by molar-refractivity contribution is 5.91. The number of aromatic nitrogens is 2. The van der Waals surface area contributed by atoms with Crippen LogP contribution in [-0.4, -0.2) is 22.1 Å². The van der Waals surface area contributed by atoms with Gasteiger partial charge in [0.1, 0.15) is 0 Å². The molecule has 4 N–H and O–H groups in total. The Morgan fingerprint density at radius 1 is 1.45 bits per heavy atom. The molecular weight excluding hydrogens is 252 g/mol. The first-order valence-corrected chi connectivity index (χ1v) is 6.80. The van der Waals surface area contributed by atoms with Gasteiger partial charge in [-0.2, -0.15) is 5.10 Å². The van der Waals surface area contributed by atoms with Gasteiger partial charge in [0.2, 0.25) is 5.91 Å². The van der Waals surface area contributed by atoms with Gasteiger partial charge in [0.25, 0.3) is 0 Å². The molecule has 20 heavy (non-hydrogen) atoms. The van der Waals surface area contributed by atoms with Crippen molar-refractivity contribution in [1.29, 1.82) is 0 Å². The molecular formula is C15H20N4O. The Morgan fingerprint density at radius 2 is 2.30 bits per heavy atom. The summed E-state index contributed by atoms with van der Waals surface area (Å²) in [7, 11) is 0. The molecule has 1 aromatic carbocycles. The minimum absolute atomic E-state index is 0.0208. The molecule has 0 aliphatic heterocycles. The summed E-state index contributed by atoms with van der Waals surface area (Å²) in [4.78, 5) is 11.8. The van der Waals surface area contributed by atoms with E-state index in [0.717, 1.165) is 29.8 Å². The van der Waals surface area contributed by atoms with E-state index in [1.807, 2.05) is 37.3 Å². The van der Waals surface area contributed by atoms with Crippen LogP contribution in [-0.2, 0) is 4.79 Å². The molecule has 0 saturated carbocycles. The largest absolute Gasteiger partial charge is 0.328 e. The van der Waals surface area contributed by atoms with Crippen LogP contribution in [0.5, 0.6) is 0 Å². The first kappa shape index (κ1) is 14.3. The van der Waals surface area contributed by atoms with E-state index >= 15 is 0 Å². The smallest absolute Gasteiger partial charge is 0.224 e. The van der Waals surface area contributed by atoms with Crippen molar-refractivity contribution in [2.45, 2.75) is 32.2 Å². The van der Waals surface area contributed by atoms with Crippen molar-refractivity contribution in [3.63, 3.8) is 0 Å². The van der Waals surface area contributed by atoms with E-state index < -0.39 is 0 Å². The monoisotopic (exact) mass is 272 g/mol. The van der Waals surface area contributed by atoms with Crippen molar-refractivity contribution >= 4 is 11.6 Å². The molecule has 2 rings (SSSR count). The van der Waals surface area contributed by atoms with Gasteiger partial charge in [0.05, 0.1) is 5.69 Å². The summed E-state index contributed by atoms with van der Waals surface area (Å²) in [5.41, 5.74) is 8.38. The van der Waals surface area contributed by atoms with Crippen LogP contribution >= 0.6 is 0 Å². The van der Waals surface area contributed by atoms with Crippen LogP contribution in [0.2, 0.25) is 0 Å². The van der Waals surface area contributed by atoms with Gasteiger partial charge in [-0.05, 0) is 38.0 Å². The fourth-order valence-corrected chi connectivity index (χ4v) is 1.99. The van der Waals surface area contributed by atoms with Gasteiger partial charge in [-0.25, -0.2) is 0 Å². The highest BCUT2D eigenvalue weighted by Gasteiger charge is 2.05. The number of nitrogens with zero attached hydrogens (tertiary/aromatic N) is 1. The van der Waals surface area contributed by atoms with E-state index in [1.54, 1.807) is 6.20 Å². The minimum atomic E-state index is 0.0208. The predicted molar refractivity (Wildman–Crippen MR) is 80.2 cm³/mol. The normalized spacial score (nSPS) is 12.1. The molecule has 1 unspecified atom stereocenters. The number of hydrogen-bond acceptors (Lipinski definition) is 3. The third kappa shape index (κ3) is 4.20. The molecule has 0 spiro atoms. The fourth-order valence-electron chi connectivity index (χ4n) is 1.99. The van der Waals surface area contributed by atoms with Crippen molar-refractivity contribution in [2.75, 3.05) is 5.32 Å². The van der Waals surface area contributed by atoms with Gasteiger partial charge in [-0.1, -0.05) is 12.1 Å². The SMILES string of the molecule is CC(N)CCCC(=O)Nc1cccc(-c2ccn[nH]2)c1. The number of carbonyl (C=O) groups excluding carboxylic acids is 1. The van der Waals surface area contributed by atoms with Gasteiger partial charge >= 0.3 is 0 Å². The maximum Gasteiger partial charge on any atom is 0.224 e. The van der Waals surface area contributed by atoms with Crippen LogP contribution in [0.4, 0.5) is 5.69 Å². The van der Waals surface area contributed by atoms with E-state index in [-0.39, 0.29) is 11.9 Å². The van der Waals surface area contributed by atoms with Crippen molar-refractivity contribution in [3.8, 4) is 11.3 Å². The number of anilines is 1. The standard InChI is InChI=1S/C15H20N4O/c1-11(16)4-2-7-15(20)18-13-6-3-5-12(10-13)14-8-9-17-19-14/h3,5-6,8-11H,2,4,7,16H2,1H3,(H,17,19)(H,18,20). The molecule has 0 aliphatic rings. The number of H-pyrrole nitrogens is 1. The summed E-state index contributed by atoms with van der Waals surface area (Å²) < 4.78 is 0. The summed E-state index contributed by atoms with van der Waals surface area (Å²) in [6, 6.07) is 9.73. The first-order valence-electron chi connectivity index (χ1n) is 6.80. The van der Waals surface area contributed by atoms with E-state index in [2.05, 4.69) is 15.5 Å². The second-order valence-electron chi connectivity index (χ2n) is 4.97. The van der Waals surface area contributed by atoms with Gasteiger partial charge < -0.3 is 11.1 Å². The number of nitrogens with one attached hydrogen (secondary N) is 2. The zero-order valence-corrected chi connectivity index (χ0v) is 11.6. The van der Waals surface area contributed by atoms with Gasteiger partial charge in [-0.15, -0.1) is 0 Å². The molecule has 5 heteroatoms. The summed E-state index contributed by atoms with van der Waals surface area (Å²) in [6.07, 6.45) is 3.87. The Morgan fingerprint density at radius 3 is 3.00 bits per heavy atom. The zero-order chi connectivity index (χ0) is 14.4. The summed E-state index contributed by atoms with van der Waals surface area (Å²) in [5, 5.41) is 9.73. The van der Waals surface area contributed by atoms with Crippen LogP contribution in [0.25, 0.3) is 11.3 Å². The number of rotatable bonds is 6. The lowest BCUT2D eigenvalue weighted by molar-refractivity contribution is -0.116. The summed E-state index contributed by atoms with van der Waals surface area (Å²) >= 11 is 0. The van der Waals surface area contributed by atoms with Crippen LogP contribution in [0.3, 0.4) is 0 Å². The average molecular weight is 272 g/mol. The van der Waals surface area contributed by atoms with Gasteiger partial charge in [0.15, 0.2) is 0 Å². The maximum atomic E-state index is 11.8. The highest BCUT2D eigenvalue weighted by Crippen LogP contribution is 2.20. The highest BCUT2D eigenvalue weighted by atomic mass is 16.1. The molecule has 5 nitrogen and oxygen atoms in total. The fraction of sp³-hybridized carbons (Fsp3) is 0.333. The number of nitrogens with two attached hydrogens (primary N) is 1. The van der Waals surface area contributed by atoms with Crippen LogP contribution in [0.15, 0.2) is 36.5 Å². The third-order valence-electron chi connectivity index (χ3n) is 3.02. The number of hydrogen-bond donors (Lipinski definition) is 3. The Hall–Kier alpha value is -2.14. The van der Waals surface area contributed by atoms with Crippen LogP contribution < -0.4 is 11.1 Å². The van der Waals surface area contributed by atoms with E-state index in [4.69, 9.17) is 5.73 Å². The van der Waals surface area contributed by atoms with Gasteiger partial charge in [-0.3, -0.25) is 9.89 Å². The topological polar surface area (TPSA) is 83.8 Å². The first-order chi connectivity index (χ1) is 9.65. The quantitative estimate of drug-likeness (QED) is 0.755. The number of amides is 1. The lowest BCUT2D eigenvalue weighted by Gasteiger charge is -2.08. The molecule has 1 amide bonds.